The van der Waals surface area contributed by atoms with Gasteiger partial charge in [0.15, 0.2) is 0 Å². The van der Waals surface area contributed by atoms with Crippen molar-refractivity contribution >= 4 is 21.8 Å². The summed E-state index contributed by atoms with van der Waals surface area (Å²) < 4.78 is 0. The fraction of sp³-hybridized carbons (Fsp3) is 0. The van der Waals surface area contributed by atoms with Crippen molar-refractivity contribution in [1.82, 2.24) is 9.97 Å². The van der Waals surface area contributed by atoms with E-state index in [1.807, 2.05) is 24.4 Å². The number of benzene rings is 3. The van der Waals surface area contributed by atoms with E-state index in [4.69, 9.17) is 0 Å². The van der Waals surface area contributed by atoms with Crippen LogP contribution < -0.4 is 0 Å². The predicted octanol–water partition coefficient (Wildman–Crippen LogP) is 6.05. The highest BCUT2D eigenvalue weighted by molar-refractivity contribution is 6.14. The number of rotatable bonds is 2. The molecule has 0 saturated carbocycles. The molecule has 0 aliphatic carbocycles. The number of nitrogens with zero attached hydrogens (tertiary/aromatic N) is 1. The summed E-state index contributed by atoms with van der Waals surface area (Å²) in [7, 11) is 0. The Labute approximate surface area is 145 Å². The minimum Gasteiger partial charge on any atom is -0.354 e. The zero-order chi connectivity index (χ0) is 16.6. The van der Waals surface area contributed by atoms with Crippen LogP contribution in [0.3, 0.4) is 0 Å². The molecule has 0 fully saturated rings. The summed E-state index contributed by atoms with van der Waals surface area (Å²) in [6, 6.07) is 29.4. The lowest BCUT2D eigenvalue weighted by atomic mass is 9.94. The minimum absolute atomic E-state index is 0.985. The van der Waals surface area contributed by atoms with Crippen molar-refractivity contribution in [1.29, 1.82) is 0 Å². The molecule has 0 saturated heterocycles. The Morgan fingerprint density at radius 3 is 2.28 bits per heavy atom. The molecule has 118 valence electrons. The van der Waals surface area contributed by atoms with Crippen molar-refractivity contribution in [2.45, 2.75) is 0 Å². The molecule has 2 nitrogen and oxygen atoms in total. The number of nitrogens with one attached hydrogen (secondary N) is 1. The van der Waals surface area contributed by atoms with Gasteiger partial charge in [-0.3, -0.25) is 4.98 Å². The van der Waals surface area contributed by atoms with Gasteiger partial charge in [0, 0.05) is 28.0 Å². The zero-order valence-corrected chi connectivity index (χ0v) is 13.6. The minimum atomic E-state index is 0.985. The normalized spacial score (nSPS) is 11.2. The molecule has 0 radical (unpaired) electrons. The highest BCUT2D eigenvalue weighted by Crippen LogP contribution is 2.39. The molecule has 0 aliphatic rings. The summed E-state index contributed by atoms with van der Waals surface area (Å²) >= 11 is 0. The summed E-state index contributed by atoms with van der Waals surface area (Å²) in [5, 5.41) is 2.48. The standard InChI is InChI=1S/C23H16N2/c1-2-8-16(9-3-1)17-13-14-19-18-10-4-5-11-20(18)25-23(19)22(17)21-12-6-7-15-24-21/h1-15,25H. The number of pyridine rings is 1. The van der Waals surface area contributed by atoms with E-state index in [2.05, 4.69) is 76.7 Å². The Kier molecular flexibility index (Phi) is 3.14. The summed E-state index contributed by atoms with van der Waals surface area (Å²) in [5.41, 5.74) is 6.82. The van der Waals surface area contributed by atoms with E-state index in [-0.39, 0.29) is 0 Å². The first-order chi connectivity index (χ1) is 12.4. The second-order valence-electron chi connectivity index (χ2n) is 6.16. The van der Waals surface area contributed by atoms with Gasteiger partial charge in [-0.2, -0.15) is 0 Å². The molecular weight excluding hydrogens is 304 g/mol. The van der Waals surface area contributed by atoms with Crippen LogP contribution in [-0.4, -0.2) is 9.97 Å². The van der Waals surface area contributed by atoms with E-state index in [0.29, 0.717) is 0 Å². The van der Waals surface area contributed by atoms with Crippen LogP contribution >= 0.6 is 0 Å². The average molecular weight is 320 g/mol. The summed E-state index contributed by atoms with van der Waals surface area (Å²) in [4.78, 5) is 8.25. The SMILES string of the molecule is c1ccc(-c2ccc3c([nH]c4ccccc43)c2-c2ccccn2)cc1. The summed E-state index contributed by atoms with van der Waals surface area (Å²) in [6.45, 7) is 0. The maximum atomic E-state index is 4.64. The third-order valence-corrected chi connectivity index (χ3v) is 4.69. The van der Waals surface area contributed by atoms with Gasteiger partial charge in [0.05, 0.1) is 11.2 Å². The van der Waals surface area contributed by atoms with E-state index in [1.165, 1.54) is 21.9 Å². The number of hydrogen-bond donors (Lipinski definition) is 1. The molecule has 0 spiro atoms. The van der Waals surface area contributed by atoms with Crippen molar-refractivity contribution in [2.75, 3.05) is 0 Å². The number of para-hydroxylation sites is 1. The molecule has 0 aliphatic heterocycles. The Balaban J connectivity index is 1.93. The van der Waals surface area contributed by atoms with Crippen molar-refractivity contribution in [3.05, 3.63) is 91.1 Å². The monoisotopic (exact) mass is 320 g/mol. The van der Waals surface area contributed by atoms with Crippen LogP contribution in [0.1, 0.15) is 0 Å². The molecule has 2 heteroatoms. The average Bonchev–Trinajstić information content (AvgIpc) is 3.07. The second kappa shape index (κ2) is 5.60. The number of aromatic amines is 1. The van der Waals surface area contributed by atoms with Crippen LogP contribution in [0, 0.1) is 0 Å². The number of fused-ring (bicyclic) bond motifs is 3. The number of hydrogen-bond acceptors (Lipinski definition) is 1. The summed E-state index contributed by atoms with van der Waals surface area (Å²) in [6.07, 6.45) is 1.85. The molecule has 5 rings (SSSR count). The quantitative estimate of drug-likeness (QED) is 0.421. The molecule has 1 N–H and O–H groups in total. The molecule has 0 bridgehead atoms. The second-order valence-corrected chi connectivity index (χ2v) is 6.16. The third-order valence-electron chi connectivity index (χ3n) is 4.69. The number of H-pyrrole nitrogens is 1. The lowest BCUT2D eigenvalue weighted by Gasteiger charge is -2.11. The lowest BCUT2D eigenvalue weighted by molar-refractivity contribution is 1.33. The number of aromatic nitrogens is 2. The third kappa shape index (κ3) is 2.23. The molecule has 0 unspecified atom stereocenters. The Hall–Kier alpha value is -3.39. The van der Waals surface area contributed by atoms with Crippen molar-refractivity contribution in [3.63, 3.8) is 0 Å². The lowest BCUT2D eigenvalue weighted by Crippen LogP contribution is -1.89. The fourth-order valence-electron chi connectivity index (χ4n) is 3.55. The van der Waals surface area contributed by atoms with E-state index < -0.39 is 0 Å². The Morgan fingerprint density at radius 1 is 0.640 bits per heavy atom. The van der Waals surface area contributed by atoms with Crippen molar-refractivity contribution in [3.8, 4) is 22.4 Å². The molecule has 2 aromatic heterocycles. The van der Waals surface area contributed by atoms with Crippen LogP contribution in [0.2, 0.25) is 0 Å². The fourth-order valence-corrected chi connectivity index (χ4v) is 3.55. The van der Waals surface area contributed by atoms with Gasteiger partial charge < -0.3 is 4.98 Å². The topological polar surface area (TPSA) is 28.7 Å². The molecule has 0 atom stereocenters. The first kappa shape index (κ1) is 14.0. The van der Waals surface area contributed by atoms with E-state index in [0.717, 1.165) is 22.3 Å². The largest absolute Gasteiger partial charge is 0.354 e. The van der Waals surface area contributed by atoms with Gasteiger partial charge in [0.2, 0.25) is 0 Å². The predicted molar refractivity (Wildman–Crippen MR) is 104 cm³/mol. The Bertz CT molecular complexity index is 1170. The molecule has 3 aromatic carbocycles. The first-order valence-electron chi connectivity index (χ1n) is 8.42. The highest BCUT2D eigenvalue weighted by Gasteiger charge is 2.15. The van der Waals surface area contributed by atoms with Crippen molar-refractivity contribution in [2.24, 2.45) is 0 Å². The van der Waals surface area contributed by atoms with Gasteiger partial charge in [0.1, 0.15) is 0 Å². The van der Waals surface area contributed by atoms with Gasteiger partial charge in [-0.25, -0.2) is 0 Å². The van der Waals surface area contributed by atoms with Crippen LogP contribution in [0.15, 0.2) is 91.1 Å². The maximum absolute atomic E-state index is 4.64. The Morgan fingerprint density at radius 2 is 1.44 bits per heavy atom. The van der Waals surface area contributed by atoms with E-state index in [9.17, 15) is 0 Å². The summed E-state index contributed by atoms with van der Waals surface area (Å²) in [5.74, 6) is 0. The van der Waals surface area contributed by atoms with Gasteiger partial charge in [-0.15, -0.1) is 0 Å². The van der Waals surface area contributed by atoms with E-state index in [1.54, 1.807) is 0 Å². The highest BCUT2D eigenvalue weighted by atomic mass is 14.7. The molecule has 5 aromatic rings. The van der Waals surface area contributed by atoms with Crippen molar-refractivity contribution < 1.29 is 0 Å². The zero-order valence-electron chi connectivity index (χ0n) is 13.6. The van der Waals surface area contributed by atoms with Crippen LogP contribution in [0.25, 0.3) is 44.2 Å². The van der Waals surface area contributed by atoms with Gasteiger partial charge >= 0.3 is 0 Å². The van der Waals surface area contributed by atoms with E-state index >= 15 is 0 Å². The van der Waals surface area contributed by atoms with Gasteiger partial charge in [-0.05, 0) is 29.3 Å². The molecular formula is C23H16N2. The first-order valence-corrected chi connectivity index (χ1v) is 8.42. The molecule has 2 heterocycles. The van der Waals surface area contributed by atoms with Crippen LogP contribution in [0.4, 0.5) is 0 Å². The van der Waals surface area contributed by atoms with Crippen LogP contribution in [-0.2, 0) is 0 Å². The van der Waals surface area contributed by atoms with Gasteiger partial charge in [-0.1, -0.05) is 66.7 Å². The van der Waals surface area contributed by atoms with Crippen LogP contribution in [0.5, 0.6) is 0 Å². The molecule has 25 heavy (non-hydrogen) atoms. The molecule has 0 amide bonds. The maximum Gasteiger partial charge on any atom is 0.0729 e. The smallest absolute Gasteiger partial charge is 0.0729 e. The van der Waals surface area contributed by atoms with Gasteiger partial charge in [0.25, 0.3) is 0 Å².